The summed E-state index contributed by atoms with van der Waals surface area (Å²) in [7, 11) is 0. The Morgan fingerprint density at radius 2 is 2.04 bits per heavy atom. The van der Waals surface area contributed by atoms with Gasteiger partial charge in [0.05, 0.1) is 5.69 Å². The molecule has 4 rings (SSSR count). The van der Waals surface area contributed by atoms with E-state index in [0.717, 1.165) is 58.7 Å². The maximum absolute atomic E-state index is 12.0. The summed E-state index contributed by atoms with van der Waals surface area (Å²) in [5, 5.41) is 3.34. The number of amides is 1. The van der Waals surface area contributed by atoms with E-state index in [1.807, 2.05) is 25.1 Å². The van der Waals surface area contributed by atoms with Gasteiger partial charge in [0, 0.05) is 43.4 Å². The fraction of sp³-hybridized carbons (Fsp3) is 0.238. The lowest BCUT2D eigenvalue weighted by Gasteiger charge is -2.19. The van der Waals surface area contributed by atoms with Crippen LogP contribution in [0.3, 0.4) is 0 Å². The van der Waals surface area contributed by atoms with Crippen molar-refractivity contribution >= 4 is 11.9 Å². The SMILES string of the molecule is Cc1cc(-c2ccnc(N)n2)ccc1Cc1cc2c(nc1C(N)=O)CCNC2. The molecule has 0 radical (unpaired) electrons. The van der Waals surface area contributed by atoms with Gasteiger partial charge in [-0.2, -0.15) is 0 Å². The zero-order valence-electron chi connectivity index (χ0n) is 15.7. The number of nitrogens with two attached hydrogens (primary N) is 2. The normalized spacial score (nSPS) is 13.2. The minimum absolute atomic E-state index is 0.249. The molecule has 5 N–H and O–H groups in total. The highest BCUT2D eigenvalue weighted by atomic mass is 16.1. The monoisotopic (exact) mass is 374 g/mol. The zero-order chi connectivity index (χ0) is 19.7. The molecule has 0 spiro atoms. The molecular formula is C21H22N6O. The van der Waals surface area contributed by atoms with Gasteiger partial charge in [0.1, 0.15) is 5.69 Å². The molecular weight excluding hydrogens is 352 g/mol. The largest absolute Gasteiger partial charge is 0.368 e. The summed E-state index contributed by atoms with van der Waals surface area (Å²) in [4.78, 5) is 24.7. The number of hydrogen-bond acceptors (Lipinski definition) is 6. The van der Waals surface area contributed by atoms with E-state index in [0.29, 0.717) is 12.1 Å². The Kier molecular flexibility index (Phi) is 4.75. The van der Waals surface area contributed by atoms with Gasteiger partial charge in [-0.1, -0.05) is 18.2 Å². The number of aromatic nitrogens is 3. The van der Waals surface area contributed by atoms with Gasteiger partial charge in [0.2, 0.25) is 5.95 Å². The lowest BCUT2D eigenvalue weighted by Crippen LogP contribution is -2.27. The van der Waals surface area contributed by atoms with E-state index < -0.39 is 5.91 Å². The Bertz CT molecular complexity index is 1060. The Hall–Kier alpha value is -3.32. The third-order valence-electron chi connectivity index (χ3n) is 5.05. The molecule has 1 aliphatic rings. The maximum Gasteiger partial charge on any atom is 0.267 e. The highest BCUT2D eigenvalue weighted by Crippen LogP contribution is 2.25. The first-order chi connectivity index (χ1) is 13.5. The molecule has 142 valence electrons. The lowest BCUT2D eigenvalue weighted by molar-refractivity contribution is 0.0994. The van der Waals surface area contributed by atoms with Gasteiger partial charge in [-0.05, 0) is 41.3 Å². The molecule has 3 aromatic rings. The van der Waals surface area contributed by atoms with Crippen molar-refractivity contribution in [2.24, 2.45) is 5.73 Å². The summed E-state index contributed by atoms with van der Waals surface area (Å²) in [6, 6.07) is 10.0. The molecule has 3 heterocycles. The molecule has 28 heavy (non-hydrogen) atoms. The number of rotatable bonds is 4. The van der Waals surface area contributed by atoms with Gasteiger partial charge >= 0.3 is 0 Å². The molecule has 0 saturated heterocycles. The second-order valence-electron chi connectivity index (χ2n) is 7.01. The molecule has 0 unspecified atom stereocenters. The summed E-state index contributed by atoms with van der Waals surface area (Å²) in [6.07, 6.45) is 3.05. The molecule has 0 atom stereocenters. The number of benzene rings is 1. The number of nitrogens with zero attached hydrogens (tertiary/aromatic N) is 3. The summed E-state index contributed by atoms with van der Waals surface area (Å²) in [5.74, 6) is -0.235. The minimum Gasteiger partial charge on any atom is -0.368 e. The number of aryl methyl sites for hydroxylation is 1. The predicted molar refractivity (Wildman–Crippen MR) is 108 cm³/mol. The predicted octanol–water partition coefficient (Wildman–Crippen LogP) is 1.76. The quantitative estimate of drug-likeness (QED) is 0.640. The molecule has 1 amide bonds. The molecule has 0 aliphatic carbocycles. The van der Waals surface area contributed by atoms with Crippen molar-refractivity contribution in [2.75, 3.05) is 12.3 Å². The molecule has 0 fully saturated rings. The molecule has 7 nitrogen and oxygen atoms in total. The number of carbonyl (C=O) groups excluding carboxylic acids is 1. The van der Waals surface area contributed by atoms with E-state index in [2.05, 4.69) is 32.4 Å². The van der Waals surface area contributed by atoms with Crippen molar-refractivity contribution in [2.45, 2.75) is 26.3 Å². The van der Waals surface area contributed by atoms with Gasteiger partial charge in [-0.3, -0.25) is 4.79 Å². The highest BCUT2D eigenvalue weighted by molar-refractivity contribution is 5.92. The van der Waals surface area contributed by atoms with Crippen LogP contribution < -0.4 is 16.8 Å². The van der Waals surface area contributed by atoms with Crippen LogP contribution in [0.4, 0.5) is 5.95 Å². The average molecular weight is 374 g/mol. The Morgan fingerprint density at radius 1 is 1.18 bits per heavy atom. The van der Waals surface area contributed by atoms with E-state index in [4.69, 9.17) is 11.5 Å². The minimum atomic E-state index is -0.484. The van der Waals surface area contributed by atoms with E-state index in [-0.39, 0.29) is 5.95 Å². The van der Waals surface area contributed by atoms with Crippen LogP contribution in [0.2, 0.25) is 0 Å². The topological polar surface area (TPSA) is 120 Å². The molecule has 0 saturated carbocycles. The van der Waals surface area contributed by atoms with Gasteiger partial charge in [-0.25, -0.2) is 15.0 Å². The zero-order valence-corrected chi connectivity index (χ0v) is 15.7. The number of carbonyl (C=O) groups is 1. The number of fused-ring (bicyclic) bond motifs is 1. The lowest BCUT2D eigenvalue weighted by atomic mass is 9.94. The maximum atomic E-state index is 12.0. The van der Waals surface area contributed by atoms with Crippen molar-refractivity contribution in [3.05, 3.63) is 70.2 Å². The average Bonchev–Trinajstić information content (AvgIpc) is 2.69. The molecule has 0 bridgehead atoms. The van der Waals surface area contributed by atoms with Crippen LogP contribution in [0.25, 0.3) is 11.3 Å². The van der Waals surface area contributed by atoms with Gasteiger partial charge < -0.3 is 16.8 Å². The van der Waals surface area contributed by atoms with Crippen LogP contribution >= 0.6 is 0 Å². The van der Waals surface area contributed by atoms with Gasteiger partial charge in [0.15, 0.2) is 0 Å². The highest BCUT2D eigenvalue weighted by Gasteiger charge is 2.18. The van der Waals surface area contributed by atoms with E-state index in [1.165, 1.54) is 0 Å². The van der Waals surface area contributed by atoms with Crippen molar-refractivity contribution in [1.29, 1.82) is 0 Å². The summed E-state index contributed by atoms with van der Waals surface area (Å²) >= 11 is 0. The number of nitrogens with one attached hydrogen (secondary N) is 1. The van der Waals surface area contributed by atoms with Crippen LogP contribution in [0.1, 0.15) is 38.4 Å². The Labute approximate surface area is 163 Å². The van der Waals surface area contributed by atoms with Gasteiger partial charge in [0.25, 0.3) is 5.91 Å². The van der Waals surface area contributed by atoms with Crippen molar-refractivity contribution in [3.8, 4) is 11.3 Å². The second-order valence-corrected chi connectivity index (χ2v) is 7.01. The fourth-order valence-corrected chi connectivity index (χ4v) is 3.58. The van der Waals surface area contributed by atoms with Crippen molar-refractivity contribution < 1.29 is 4.79 Å². The number of pyridine rings is 1. The number of anilines is 1. The smallest absolute Gasteiger partial charge is 0.267 e. The van der Waals surface area contributed by atoms with Gasteiger partial charge in [-0.15, -0.1) is 0 Å². The number of primary amides is 1. The molecule has 7 heteroatoms. The van der Waals surface area contributed by atoms with E-state index in [9.17, 15) is 4.79 Å². The second kappa shape index (κ2) is 7.36. The van der Waals surface area contributed by atoms with Crippen LogP contribution in [0, 0.1) is 6.92 Å². The Morgan fingerprint density at radius 3 is 2.79 bits per heavy atom. The fourth-order valence-electron chi connectivity index (χ4n) is 3.58. The van der Waals surface area contributed by atoms with E-state index >= 15 is 0 Å². The van der Waals surface area contributed by atoms with Crippen LogP contribution in [-0.4, -0.2) is 27.4 Å². The van der Waals surface area contributed by atoms with Crippen LogP contribution in [0.15, 0.2) is 36.5 Å². The number of nitrogen functional groups attached to an aromatic ring is 1. The third kappa shape index (κ3) is 3.57. The van der Waals surface area contributed by atoms with Crippen LogP contribution in [-0.2, 0) is 19.4 Å². The summed E-state index contributed by atoms with van der Waals surface area (Å²) in [5.41, 5.74) is 18.6. The molecule has 1 aliphatic heterocycles. The van der Waals surface area contributed by atoms with Crippen molar-refractivity contribution in [3.63, 3.8) is 0 Å². The first-order valence-electron chi connectivity index (χ1n) is 9.22. The Balaban J connectivity index is 1.68. The van der Waals surface area contributed by atoms with Crippen molar-refractivity contribution in [1.82, 2.24) is 20.3 Å². The standard InChI is InChI=1S/C21H22N6O/c1-12-8-14(17-5-7-25-21(23)27-17)3-2-13(12)9-15-10-16-11-24-6-4-18(16)26-19(15)20(22)28/h2-3,5,7-8,10,24H,4,6,9,11H2,1H3,(H2,22,28)(H2,23,25,27). The molecule has 2 aromatic heterocycles. The van der Waals surface area contributed by atoms with E-state index in [1.54, 1.807) is 6.20 Å². The first-order valence-corrected chi connectivity index (χ1v) is 9.22. The van der Waals surface area contributed by atoms with Crippen LogP contribution in [0.5, 0.6) is 0 Å². The number of hydrogen-bond donors (Lipinski definition) is 3. The molecule has 1 aromatic carbocycles. The summed E-state index contributed by atoms with van der Waals surface area (Å²) in [6.45, 7) is 3.67. The third-order valence-corrected chi connectivity index (χ3v) is 5.05. The summed E-state index contributed by atoms with van der Waals surface area (Å²) < 4.78 is 0. The first kappa shape index (κ1) is 18.1.